The van der Waals surface area contributed by atoms with Crippen LogP contribution in [0.4, 0.5) is 0 Å². The molecule has 0 saturated carbocycles. The van der Waals surface area contributed by atoms with Crippen molar-refractivity contribution in [2.75, 3.05) is 13.7 Å². The summed E-state index contributed by atoms with van der Waals surface area (Å²) in [6.07, 6.45) is 6.84. The first kappa shape index (κ1) is 11.6. The minimum Gasteiger partial charge on any atom is -0.497 e. The van der Waals surface area contributed by atoms with Crippen molar-refractivity contribution >= 4 is 0 Å². The molecule has 0 bridgehead atoms. The molecule has 1 aromatic rings. The summed E-state index contributed by atoms with van der Waals surface area (Å²) < 4.78 is 10.5. The summed E-state index contributed by atoms with van der Waals surface area (Å²) in [6, 6.07) is 7.86. The van der Waals surface area contributed by atoms with E-state index in [1.54, 1.807) is 7.11 Å². The predicted molar refractivity (Wildman–Crippen MR) is 60.7 cm³/mol. The van der Waals surface area contributed by atoms with Gasteiger partial charge in [0.2, 0.25) is 0 Å². The van der Waals surface area contributed by atoms with E-state index in [4.69, 9.17) is 15.9 Å². The Kier molecular flexibility index (Phi) is 5.35. The van der Waals surface area contributed by atoms with Crippen LogP contribution in [0.5, 0.6) is 5.75 Å². The lowest BCUT2D eigenvalue weighted by molar-refractivity contribution is 0.119. The summed E-state index contributed by atoms with van der Waals surface area (Å²) in [6.45, 7) is 1.35. The van der Waals surface area contributed by atoms with Gasteiger partial charge in [-0.3, -0.25) is 0 Å². The third-order valence-electron chi connectivity index (χ3n) is 2.04. The molecule has 0 atom stereocenters. The number of rotatable bonds is 6. The molecule has 80 valence electrons. The van der Waals surface area contributed by atoms with Crippen LogP contribution in [0.15, 0.2) is 24.3 Å². The normalized spacial score (nSPS) is 9.60. The van der Waals surface area contributed by atoms with E-state index in [9.17, 15) is 0 Å². The highest BCUT2D eigenvalue weighted by molar-refractivity contribution is 5.26. The minimum atomic E-state index is 0.633. The molecule has 0 amide bonds. The molecular formula is C13H16O2. The lowest BCUT2D eigenvalue weighted by Gasteiger charge is -2.04. The molecule has 2 nitrogen and oxygen atoms in total. The van der Waals surface area contributed by atoms with Gasteiger partial charge < -0.3 is 9.47 Å². The van der Waals surface area contributed by atoms with E-state index in [0.29, 0.717) is 6.61 Å². The SMILES string of the molecule is C#CCCCOCc1ccc(OC)cc1. The molecule has 0 spiro atoms. The smallest absolute Gasteiger partial charge is 0.118 e. The summed E-state index contributed by atoms with van der Waals surface area (Å²) in [4.78, 5) is 0. The van der Waals surface area contributed by atoms with E-state index < -0.39 is 0 Å². The van der Waals surface area contributed by atoms with Crippen LogP contribution in [0, 0.1) is 12.3 Å². The monoisotopic (exact) mass is 204 g/mol. The predicted octanol–water partition coefficient (Wildman–Crippen LogP) is 2.63. The standard InChI is InChI=1S/C13H16O2/c1-3-4-5-10-15-11-12-6-8-13(14-2)9-7-12/h1,6-9H,4-5,10-11H2,2H3. The van der Waals surface area contributed by atoms with Crippen LogP contribution < -0.4 is 4.74 Å². The Hall–Kier alpha value is -1.46. The van der Waals surface area contributed by atoms with Gasteiger partial charge in [-0.2, -0.15) is 0 Å². The van der Waals surface area contributed by atoms with Gasteiger partial charge in [0.15, 0.2) is 0 Å². The van der Waals surface area contributed by atoms with Gasteiger partial charge in [-0.15, -0.1) is 12.3 Å². The first-order valence-electron chi connectivity index (χ1n) is 5.01. The average molecular weight is 204 g/mol. The summed E-state index contributed by atoms with van der Waals surface area (Å²) in [5, 5.41) is 0. The number of terminal acetylenes is 1. The second kappa shape index (κ2) is 6.92. The third-order valence-corrected chi connectivity index (χ3v) is 2.04. The summed E-state index contributed by atoms with van der Waals surface area (Å²) in [5.41, 5.74) is 1.15. The van der Waals surface area contributed by atoms with E-state index in [-0.39, 0.29) is 0 Å². The highest BCUT2D eigenvalue weighted by Crippen LogP contribution is 2.11. The van der Waals surface area contributed by atoms with Crippen molar-refractivity contribution in [2.45, 2.75) is 19.4 Å². The Morgan fingerprint density at radius 1 is 1.27 bits per heavy atom. The Morgan fingerprint density at radius 3 is 2.60 bits per heavy atom. The molecule has 1 rings (SSSR count). The molecule has 0 aliphatic carbocycles. The van der Waals surface area contributed by atoms with Gasteiger partial charge in [-0.25, -0.2) is 0 Å². The highest BCUT2D eigenvalue weighted by Gasteiger charge is 1.94. The topological polar surface area (TPSA) is 18.5 Å². The molecule has 0 aromatic heterocycles. The van der Waals surface area contributed by atoms with E-state index in [1.807, 2.05) is 24.3 Å². The van der Waals surface area contributed by atoms with Crippen LogP contribution in [-0.2, 0) is 11.3 Å². The second-order valence-electron chi connectivity index (χ2n) is 3.21. The molecule has 1 aromatic carbocycles. The van der Waals surface area contributed by atoms with Crippen molar-refractivity contribution in [3.63, 3.8) is 0 Å². The quantitative estimate of drug-likeness (QED) is 0.524. The Morgan fingerprint density at radius 2 is 2.00 bits per heavy atom. The van der Waals surface area contributed by atoms with Crippen molar-refractivity contribution < 1.29 is 9.47 Å². The van der Waals surface area contributed by atoms with Gasteiger partial charge in [0.1, 0.15) is 5.75 Å². The van der Waals surface area contributed by atoms with Crippen molar-refractivity contribution in [1.29, 1.82) is 0 Å². The van der Waals surface area contributed by atoms with Crippen molar-refractivity contribution in [1.82, 2.24) is 0 Å². The van der Waals surface area contributed by atoms with Gasteiger partial charge in [0.25, 0.3) is 0 Å². The summed E-state index contributed by atoms with van der Waals surface area (Å²) in [7, 11) is 1.66. The van der Waals surface area contributed by atoms with Crippen LogP contribution in [0.25, 0.3) is 0 Å². The van der Waals surface area contributed by atoms with Crippen LogP contribution >= 0.6 is 0 Å². The molecule has 0 N–H and O–H groups in total. The van der Waals surface area contributed by atoms with Gasteiger partial charge in [-0.05, 0) is 24.1 Å². The molecule has 0 heterocycles. The Balaban J connectivity index is 2.23. The van der Waals surface area contributed by atoms with Crippen LogP contribution in [0.2, 0.25) is 0 Å². The molecule has 15 heavy (non-hydrogen) atoms. The highest BCUT2D eigenvalue weighted by atomic mass is 16.5. The molecule has 0 saturated heterocycles. The number of methoxy groups -OCH3 is 1. The number of ether oxygens (including phenoxy) is 2. The van der Waals surface area contributed by atoms with Crippen LogP contribution in [0.1, 0.15) is 18.4 Å². The maximum atomic E-state index is 5.46. The number of unbranched alkanes of at least 4 members (excludes halogenated alkanes) is 1. The van der Waals surface area contributed by atoms with Crippen molar-refractivity contribution in [2.24, 2.45) is 0 Å². The third kappa shape index (κ3) is 4.53. The van der Waals surface area contributed by atoms with Gasteiger partial charge in [0.05, 0.1) is 13.7 Å². The Bertz CT molecular complexity index is 308. The van der Waals surface area contributed by atoms with Crippen molar-refractivity contribution in [3.8, 4) is 18.1 Å². The minimum absolute atomic E-state index is 0.633. The Labute approximate surface area is 91.2 Å². The molecule has 0 aliphatic rings. The number of hydrogen-bond acceptors (Lipinski definition) is 2. The molecule has 2 heteroatoms. The van der Waals surface area contributed by atoms with Gasteiger partial charge >= 0.3 is 0 Å². The maximum absolute atomic E-state index is 5.46. The number of benzene rings is 1. The fraction of sp³-hybridized carbons (Fsp3) is 0.385. The van der Waals surface area contributed by atoms with E-state index >= 15 is 0 Å². The average Bonchev–Trinajstić information content (AvgIpc) is 2.30. The summed E-state index contributed by atoms with van der Waals surface area (Å²) in [5.74, 6) is 3.45. The fourth-order valence-electron chi connectivity index (χ4n) is 1.19. The largest absolute Gasteiger partial charge is 0.497 e. The second-order valence-corrected chi connectivity index (χ2v) is 3.21. The van der Waals surface area contributed by atoms with Gasteiger partial charge in [0, 0.05) is 13.0 Å². The molecule has 0 aliphatic heterocycles. The van der Waals surface area contributed by atoms with Gasteiger partial charge in [-0.1, -0.05) is 12.1 Å². The first-order chi connectivity index (χ1) is 7.36. The zero-order chi connectivity index (χ0) is 10.9. The fourth-order valence-corrected chi connectivity index (χ4v) is 1.19. The molecule has 0 fully saturated rings. The van der Waals surface area contributed by atoms with E-state index in [2.05, 4.69) is 5.92 Å². The van der Waals surface area contributed by atoms with E-state index in [0.717, 1.165) is 30.8 Å². The lowest BCUT2D eigenvalue weighted by atomic mass is 10.2. The number of hydrogen-bond donors (Lipinski definition) is 0. The first-order valence-corrected chi connectivity index (χ1v) is 5.01. The van der Waals surface area contributed by atoms with Crippen LogP contribution in [0.3, 0.4) is 0 Å². The van der Waals surface area contributed by atoms with Crippen LogP contribution in [-0.4, -0.2) is 13.7 Å². The summed E-state index contributed by atoms with van der Waals surface area (Å²) >= 11 is 0. The zero-order valence-corrected chi connectivity index (χ0v) is 9.03. The molecule has 0 unspecified atom stereocenters. The van der Waals surface area contributed by atoms with Crippen molar-refractivity contribution in [3.05, 3.63) is 29.8 Å². The zero-order valence-electron chi connectivity index (χ0n) is 9.03. The molecule has 0 radical (unpaired) electrons. The lowest BCUT2D eigenvalue weighted by Crippen LogP contribution is -1.95. The maximum Gasteiger partial charge on any atom is 0.118 e. The molecular weight excluding hydrogens is 188 g/mol. The van der Waals surface area contributed by atoms with E-state index in [1.165, 1.54) is 0 Å².